The Morgan fingerprint density at radius 2 is 2.03 bits per heavy atom. The fourth-order valence-corrected chi connectivity index (χ4v) is 4.27. The van der Waals surface area contributed by atoms with Gasteiger partial charge in [-0.3, -0.25) is 19.7 Å². The van der Waals surface area contributed by atoms with Crippen molar-refractivity contribution in [1.82, 2.24) is 5.32 Å². The Bertz CT molecular complexity index is 976. The highest BCUT2D eigenvalue weighted by Gasteiger charge is 2.47. The predicted octanol–water partition coefficient (Wildman–Crippen LogP) is 3.71. The number of ether oxygens (including phenoxy) is 1. The molecule has 0 radical (unpaired) electrons. The number of Topliss-reactive ketones (excluding diaryl/α,β-unsaturated/α-hetero) is 1. The van der Waals surface area contributed by atoms with Crippen LogP contribution in [0.1, 0.15) is 52.0 Å². The SMILES string of the molecule is C=C1NC2=C(C(=O)CC(C)(C)C2)C(c2ccc(O)c([N+](=O)[O-])c2)C1C(=O)OC(C)C. The molecule has 0 saturated carbocycles. The number of nitro groups is 1. The van der Waals surface area contributed by atoms with E-state index >= 15 is 0 Å². The molecule has 0 aromatic heterocycles. The van der Waals surface area contributed by atoms with E-state index in [0.29, 0.717) is 35.4 Å². The molecule has 1 aromatic rings. The first-order valence-electron chi connectivity index (χ1n) is 9.81. The van der Waals surface area contributed by atoms with E-state index in [2.05, 4.69) is 11.9 Å². The van der Waals surface area contributed by atoms with Crippen molar-refractivity contribution >= 4 is 17.4 Å². The Labute approximate surface area is 174 Å². The van der Waals surface area contributed by atoms with E-state index in [1.807, 2.05) is 13.8 Å². The fourth-order valence-electron chi connectivity index (χ4n) is 4.27. The van der Waals surface area contributed by atoms with E-state index in [1.165, 1.54) is 18.2 Å². The monoisotopic (exact) mass is 414 g/mol. The number of benzene rings is 1. The Balaban J connectivity index is 2.21. The number of ketones is 1. The van der Waals surface area contributed by atoms with Crippen LogP contribution in [0.15, 0.2) is 41.7 Å². The summed E-state index contributed by atoms with van der Waals surface area (Å²) in [7, 11) is 0. The van der Waals surface area contributed by atoms with Crippen molar-refractivity contribution in [3.8, 4) is 5.75 Å². The Hall–Kier alpha value is -3.16. The molecule has 0 fully saturated rings. The van der Waals surface area contributed by atoms with Gasteiger partial charge in [-0.2, -0.15) is 0 Å². The molecule has 1 aliphatic heterocycles. The number of nitrogens with zero attached hydrogens (tertiary/aromatic N) is 1. The number of aromatic hydroxyl groups is 1. The van der Waals surface area contributed by atoms with Crippen molar-refractivity contribution in [2.24, 2.45) is 11.3 Å². The third-order valence-electron chi connectivity index (χ3n) is 5.41. The van der Waals surface area contributed by atoms with E-state index in [1.54, 1.807) is 13.8 Å². The Kier molecular flexibility index (Phi) is 5.45. The summed E-state index contributed by atoms with van der Waals surface area (Å²) in [5.41, 5.74) is 1.11. The zero-order valence-electron chi connectivity index (χ0n) is 17.5. The van der Waals surface area contributed by atoms with Crippen molar-refractivity contribution in [1.29, 1.82) is 0 Å². The summed E-state index contributed by atoms with van der Waals surface area (Å²) in [4.78, 5) is 36.8. The van der Waals surface area contributed by atoms with Gasteiger partial charge in [0.25, 0.3) is 0 Å². The molecule has 2 N–H and O–H groups in total. The first-order valence-corrected chi connectivity index (χ1v) is 9.81. The second kappa shape index (κ2) is 7.59. The molecule has 2 atom stereocenters. The minimum Gasteiger partial charge on any atom is -0.502 e. The maximum atomic E-state index is 13.1. The fraction of sp³-hybridized carbons (Fsp3) is 0.455. The quantitative estimate of drug-likeness (QED) is 0.438. The van der Waals surface area contributed by atoms with Crippen LogP contribution in [0.5, 0.6) is 5.75 Å². The van der Waals surface area contributed by atoms with Gasteiger partial charge in [-0.1, -0.05) is 26.5 Å². The van der Waals surface area contributed by atoms with Crippen LogP contribution in [0.25, 0.3) is 0 Å². The van der Waals surface area contributed by atoms with E-state index < -0.39 is 34.2 Å². The van der Waals surface area contributed by atoms with E-state index in [-0.39, 0.29) is 17.3 Å². The molecule has 160 valence electrons. The number of nitrogens with one attached hydrogen (secondary N) is 1. The van der Waals surface area contributed by atoms with Crippen molar-refractivity contribution in [2.45, 2.75) is 52.6 Å². The number of allylic oxidation sites excluding steroid dienone is 2. The first kappa shape index (κ1) is 21.5. The zero-order chi connectivity index (χ0) is 22.4. The maximum Gasteiger partial charge on any atom is 0.316 e. The highest BCUT2D eigenvalue weighted by atomic mass is 16.6. The van der Waals surface area contributed by atoms with Crippen LogP contribution in [0, 0.1) is 21.4 Å². The number of phenols is 1. The number of rotatable bonds is 4. The molecule has 2 aliphatic rings. The Morgan fingerprint density at radius 1 is 1.37 bits per heavy atom. The van der Waals surface area contributed by atoms with Crippen LogP contribution >= 0.6 is 0 Å². The molecule has 0 spiro atoms. The average molecular weight is 414 g/mol. The van der Waals surface area contributed by atoms with Gasteiger partial charge in [-0.15, -0.1) is 0 Å². The number of carbonyl (C=O) groups excluding carboxylic acids is 2. The number of esters is 1. The molecule has 0 saturated heterocycles. The number of hydrogen-bond acceptors (Lipinski definition) is 7. The van der Waals surface area contributed by atoms with Crippen molar-refractivity contribution in [2.75, 3.05) is 0 Å². The van der Waals surface area contributed by atoms with Gasteiger partial charge in [0.15, 0.2) is 11.5 Å². The average Bonchev–Trinajstić information content (AvgIpc) is 2.58. The molecule has 0 bridgehead atoms. The number of phenolic OH excluding ortho intramolecular Hbond substituents is 1. The van der Waals surface area contributed by atoms with Gasteiger partial charge in [0.05, 0.1) is 11.0 Å². The van der Waals surface area contributed by atoms with Gasteiger partial charge in [-0.25, -0.2) is 0 Å². The minimum absolute atomic E-state index is 0.121. The van der Waals surface area contributed by atoms with Gasteiger partial charge < -0.3 is 15.2 Å². The minimum atomic E-state index is -0.930. The van der Waals surface area contributed by atoms with Crippen molar-refractivity contribution in [3.63, 3.8) is 0 Å². The molecular weight excluding hydrogens is 388 g/mol. The number of hydrogen-bond donors (Lipinski definition) is 2. The molecule has 0 amide bonds. The van der Waals surface area contributed by atoms with E-state index in [9.17, 15) is 24.8 Å². The summed E-state index contributed by atoms with van der Waals surface area (Å²) in [6.45, 7) is 11.4. The van der Waals surface area contributed by atoms with E-state index in [4.69, 9.17) is 4.74 Å². The summed E-state index contributed by atoms with van der Waals surface area (Å²) < 4.78 is 5.41. The maximum absolute atomic E-state index is 13.1. The lowest BCUT2D eigenvalue weighted by molar-refractivity contribution is -0.385. The second-order valence-corrected chi connectivity index (χ2v) is 8.93. The van der Waals surface area contributed by atoms with E-state index in [0.717, 1.165) is 0 Å². The highest BCUT2D eigenvalue weighted by Crippen LogP contribution is 2.49. The van der Waals surface area contributed by atoms with Crippen LogP contribution < -0.4 is 5.32 Å². The molecule has 1 heterocycles. The largest absolute Gasteiger partial charge is 0.502 e. The van der Waals surface area contributed by atoms with Gasteiger partial charge in [0.1, 0.15) is 5.92 Å². The molecule has 1 aliphatic carbocycles. The summed E-state index contributed by atoms with van der Waals surface area (Å²) in [6.07, 6.45) is 0.495. The van der Waals surface area contributed by atoms with Crippen LogP contribution in [0.3, 0.4) is 0 Å². The summed E-state index contributed by atoms with van der Waals surface area (Å²) in [6, 6.07) is 3.92. The lowest BCUT2D eigenvalue weighted by atomic mass is 9.66. The third-order valence-corrected chi connectivity index (χ3v) is 5.41. The first-order chi connectivity index (χ1) is 13.9. The Morgan fingerprint density at radius 3 is 2.63 bits per heavy atom. The molecule has 30 heavy (non-hydrogen) atoms. The zero-order valence-corrected chi connectivity index (χ0v) is 17.5. The summed E-state index contributed by atoms with van der Waals surface area (Å²) in [5, 5.41) is 24.4. The number of carbonyl (C=O) groups is 2. The van der Waals surface area contributed by atoms with Gasteiger partial charge in [0.2, 0.25) is 0 Å². The second-order valence-electron chi connectivity index (χ2n) is 8.93. The highest BCUT2D eigenvalue weighted by molar-refractivity contribution is 6.01. The molecule has 1 aromatic carbocycles. The van der Waals surface area contributed by atoms with Gasteiger partial charge >= 0.3 is 11.7 Å². The third kappa shape index (κ3) is 3.94. The molecule has 8 heteroatoms. The summed E-state index contributed by atoms with van der Waals surface area (Å²) in [5.74, 6) is -2.89. The van der Waals surface area contributed by atoms with Crippen LogP contribution in [-0.2, 0) is 14.3 Å². The molecule has 8 nitrogen and oxygen atoms in total. The smallest absolute Gasteiger partial charge is 0.316 e. The van der Waals surface area contributed by atoms with Crippen LogP contribution in [0.2, 0.25) is 0 Å². The molecule has 2 unspecified atom stereocenters. The van der Waals surface area contributed by atoms with Crippen molar-refractivity contribution < 1.29 is 24.4 Å². The summed E-state index contributed by atoms with van der Waals surface area (Å²) >= 11 is 0. The van der Waals surface area contributed by atoms with Crippen LogP contribution in [-0.4, -0.2) is 27.9 Å². The lowest BCUT2D eigenvalue weighted by Gasteiger charge is -2.42. The standard InChI is InChI=1S/C22H26N2O6/c1-11(2)30-21(27)18-12(3)23-14-9-22(4,5)10-17(26)20(14)19(18)13-6-7-16(25)15(8-13)24(28)29/h6-8,11,18-19,23,25H,3,9-10H2,1-2,4-5H3. The number of nitro benzene ring substituents is 1. The predicted molar refractivity (Wildman–Crippen MR) is 110 cm³/mol. The molecule has 3 rings (SSSR count). The topological polar surface area (TPSA) is 119 Å². The molecular formula is C22H26N2O6. The van der Waals surface area contributed by atoms with Gasteiger partial charge in [0, 0.05) is 35.4 Å². The lowest BCUT2D eigenvalue weighted by Crippen LogP contribution is -2.44. The normalized spacial score (nSPS) is 23.1. The van der Waals surface area contributed by atoms with Gasteiger partial charge in [-0.05, 0) is 37.3 Å². The van der Waals surface area contributed by atoms with Crippen LogP contribution in [0.4, 0.5) is 5.69 Å². The van der Waals surface area contributed by atoms with Crippen molar-refractivity contribution in [3.05, 3.63) is 57.4 Å².